The molecule has 39 heavy (non-hydrogen) atoms. The summed E-state index contributed by atoms with van der Waals surface area (Å²) in [5.74, 6) is 0.604. The van der Waals surface area contributed by atoms with Gasteiger partial charge in [0.15, 0.2) is 0 Å². The number of nitrogens with one attached hydrogen (secondary N) is 1. The second-order valence-electron chi connectivity index (χ2n) is 10.9. The monoisotopic (exact) mass is 559 g/mol. The highest BCUT2D eigenvalue weighted by molar-refractivity contribution is 8.00. The average molecular weight is 560 g/mol. The number of amides is 2. The molecule has 0 bridgehead atoms. The summed E-state index contributed by atoms with van der Waals surface area (Å²) in [5.41, 5.74) is 5.65. The first-order valence-corrected chi connectivity index (χ1v) is 14.9. The Balaban J connectivity index is 1.65. The Hall–Kier alpha value is -3.43. The van der Waals surface area contributed by atoms with Crippen molar-refractivity contribution >= 4 is 40.7 Å². The molecule has 1 unspecified atom stereocenters. The molecule has 9 heteroatoms. The summed E-state index contributed by atoms with van der Waals surface area (Å²) in [7, 11) is 0. The van der Waals surface area contributed by atoms with E-state index in [4.69, 9.17) is 5.10 Å². The molecule has 202 valence electrons. The van der Waals surface area contributed by atoms with Crippen molar-refractivity contribution in [3.8, 4) is 5.69 Å². The van der Waals surface area contributed by atoms with Crippen LogP contribution in [0.15, 0.2) is 60.2 Å². The number of aryl methyl sites for hydroxylation is 2. The van der Waals surface area contributed by atoms with Gasteiger partial charge in [0.2, 0.25) is 11.8 Å². The van der Waals surface area contributed by atoms with Crippen molar-refractivity contribution in [2.45, 2.75) is 51.8 Å². The minimum Gasteiger partial charge on any atom is -0.350 e. The molecule has 3 aromatic heterocycles. The fourth-order valence-corrected chi connectivity index (χ4v) is 7.03. The van der Waals surface area contributed by atoms with Gasteiger partial charge in [0, 0.05) is 34.8 Å². The summed E-state index contributed by atoms with van der Waals surface area (Å²) in [6.45, 7) is 10.8. The predicted octanol–water partition coefficient (Wildman–Crippen LogP) is 5.73. The van der Waals surface area contributed by atoms with E-state index in [1.54, 1.807) is 40.4 Å². The summed E-state index contributed by atoms with van der Waals surface area (Å²) in [6.07, 6.45) is 3.42. The van der Waals surface area contributed by atoms with Gasteiger partial charge in [-0.25, -0.2) is 4.68 Å². The Morgan fingerprint density at radius 2 is 1.97 bits per heavy atom. The lowest BCUT2D eigenvalue weighted by Crippen LogP contribution is -2.42. The SMILES string of the molecule is Cc1ccc(-n2nc(C(C)(C)C)c3c2N(CC(=O)NCc2cccnc2)C(=O)CSC3c2cccs2)c(C)c1. The smallest absolute Gasteiger partial charge is 0.240 e. The van der Waals surface area contributed by atoms with Crippen LogP contribution in [-0.4, -0.2) is 38.9 Å². The molecule has 0 spiro atoms. The van der Waals surface area contributed by atoms with E-state index in [2.05, 4.69) is 68.5 Å². The number of hydrogen-bond acceptors (Lipinski definition) is 6. The summed E-state index contributed by atoms with van der Waals surface area (Å²) < 4.78 is 1.89. The molecule has 2 amide bonds. The van der Waals surface area contributed by atoms with E-state index in [0.29, 0.717) is 12.4 Å². The molecule has 1 aliphatic heterocycles. The normalized spacial score (nSPS) is 15.7. The highest BCUT2D eigenvalue weighted by Crippen LogP contribution is 2.49. The van der Waals surface area contributed by atoms with E-state index < -0.39 is 0 Å². The van der Waals surface area contributed by atoms with E-state index >= 15 is 0 Å². The minimum absolute atomic E-state index is 0.0684. The maximum atomic E-state index is 13.8. The zero-order valence-corrected chi connectivity index (χ0v) is 24.5. The van der Waals surface area contributed by atoms with Gasteiger partial charge in [0.05, 0.1) is 22.4 Å². The van der Waals surface area contributed by atoms with Crippen molar-refractivity contribution in [2.75, 3.05) is 17.2 Å². The van der Waals surface area contributed by atoms with Gasteiger partial charge in [-0.05, 0) is 48.6 Å². The van der Waals surface area contributed by atoms with Crippen LogP contribution in [0.3, 0.4) is 0 Å². The number of anilines is 1. The lowest BCUT2D eigenvalue weighted by molar-refractivity contribution is -0.123. The Bertz CT molecular complexity index is 1490. The van der Waals surface area contributed by atoms with Crippen molar-refractivity contribution in [2.24, 2.45) is 0 Å². The van der Waals surface area contributed by atoms with Gasteiger partial charge in [0.1, 0.15) is 12.4 Å². The lowest BCUT2D eigenvalue weighted by Gasteiger charge is -2.24. The van der Waals surface area contributed by atoms with Crippen molar-refractivity contribution in [3.05, 3.63) is 93.1 Å². The predicted molar refractivity (Wildman–Crippen MR) is 159 cm³/mol. The van der Waals surface area contributed by atoms with Crippen LogP contribution in [0.2, 0.25) is 0 Å². The van der Waals surface area contributed by atoms with Crippen molar-refractivity contribution in [1.29, 1.82) is 0 Å². The van der Waals surface area contributed by atoms with E-state index in [1.165, 1.54) is 4.88 Å². The second kappa shape index (κ2) is 11.0. The average Bonchev–Trinajstić information content (AvgIpc) is 3.53. The lowest BCUT2D eigenvalue weighted by atomic mass is 9.88. The van der Waals surface area contributed by atoms with E-state index in [-0.39, 0.29) is 34.8 Å². The molecule has 0 fully saturated rings. The molecule has 5 rings (SSSR count). The molecule has 1 N–H and O–H groups in total. The van der Waals surface area contributed by atoms with Gasteiger partial charge in [-0.2, -0.15) is 5.10 Å². The molecule has 0 radical (unpaired) electrons. The largest absolute Gasteiger partial charge is 0.350 e. The number of benzene rings is 1. The summed E-state index contributed by atoms with van der Waals surface area (Å²) in [6, 6.07) is 14.1. The number of pyridine rings is 1. The van der Waals surface area contributed by atoms with Crippen LogP contribution in [0.1, 0.15) is 58.8 Å². The molecule has 7 nitrogen and oxygen atoms in total. The van der Waals surface area contributed by atoms with Gasteiger partial charge in [-0.3, -0.25) is 19.5 Å². The number of carbonyl (C=O) groups excluding carboxylic acids is 2. The molecule has 1 aromatic carbocycles. The molecule has 4 aromatic rings. The Labute approximate surface area is 237 Å². The first kappa shape index (κ1) is 27.1. The molecule has 0 saturated heterocycles. The Morgan fingerprint density at radius 1 is 1.15 bits per heavy atom. The third kappa shape index (κ3) is 5.65. The van der Waals surface area contributed by atoms with E-state index in [1.807, 2.05) is 28.9 Å². The zero-order valence-electron chi connectivity index (χ0n) is 22.9. The van der Waals surface area contributed by atoms with Gasteiger partial charge in [-0.1, -0.05) is 50.6 Å². The van der Waals surface area contributed by atoms with Crippen LogP contribution in [0.25, 0.3) is 5.69 Å². The third-order valence-electron chi connectivity index (χ3n) is 6.70. The topological polar surface area (TPSA) is 80.1 Å². The highest BCUT2D eigenvalue weighted by Gasteiger charge is 2.40. The fourth-order valence-electron chi connectivity index (χ4n) is 4.85. The first-order valence-electron chi connectivity index (χ1n) is 13.0. The number of nitrogens with zero attached hydrogens (tertiary/aromatic N) is 4. The van der Waals surface area contributed by atoms with Crippen LogP contribution >= 0.6 is 23.1 Å². The number of fused-ring (bicyclic) bond motifs is 1. The molecular formula is C30H33N5O2S2. The van der Waals surface area contributed by atoms with Crippen molar-refractivity contribution in [1.82, 2.24) is 20.1 Å². The summed E-state index contributed by atoms with van der Waals surface area (Å²) in [5, 5.41) is 10.1. The number of aromatic nitrogens is 3. The number of hydrogen-bond donors (Lipinski definition) is 1. The van der Waals surface area contributed by atoms with E-state index in [0.717, 1.165) is 33.6 Å². The maximum Gasteiger partial charge on any atom is 0.240 e. The van der Waals surface area contributed by atoms with E-state index in [9.17, 15) is 9.59 Å². The van der Waals surface area contributed by atoms with Crippen molar-refractivity contribution < 1.29 is 9.59 Å². The van der Waals surface area contributed by atoms with Crippen LogP contribution in [0.4, 0.5) is 5.82 Å². The van der Waals surface area contributed by atoms with Crippen molar-refractivity contribution in [3.63, 3.8) is 0 Å². The zero-order chi connectivity index (χ0) is 27.7. The molecule has 4 heterocycles. The van der Waals surface area contributed by atoms with Crippen LogP contribution in [0, 0.1) is 13.8 Å². The standard InChI is InChI=1S/C30H33N5O2S2/c1-19-10-11-22(20(2)14-19)35-29-26(28(33-35)30(3,4)5)27(23-9-7-13-38-23)39-18-25(37)34(29)17-24(36)32-16-21-8-6-12-31-15-21/h6-15,27H,16-18H2,1-5H3,(H,32,36). The fraction of sp³-hybridized carbons (Fsp3) is 0.333. The number of rotatable bonds is 6. The van der Waals surface area contributed by atoms with Crippen LogP contribution in [0.5, 0.6) is 0 Å². The third-order valence-corrected chi connectivity index (χ3v) is 9.02. The molecule has 0 aliphatic carbocycles. The second-order valence-corrected chi connectivity index (χ2v) is 12.9. The molecular weight excluding hydrogens is 526 g/mol. The number of thioether (sulfide) groups is 1. The molecule has 1 aliphatic rings. The molecule has 1 atom stereocenters. The van der Waals surface area contributed by atoms with Crippen LogP contribution < -0.4 is 10.2 Å². The van der Waals surface area contributed by atoms with Gasteiger partial charge < -0.3 is 5.32 Å². The Kier molecular flexibility index (Phi) is 7.64. The summed E-state index contributed by atoms with van der Waals surface area (Å²) >= 11 is 3.29. The van der Waals surface area contributed by atoms with Gasteiger partial charge in [-0.15, -0.1) is 23.1 Å². The van der Waals surface area contributed by atoms with Gasteiger partial charge >= 0.3 is 0 Å². The number of carbonyl (C=O) groups is 2. The summed E-state index contributed by atoms with van der Waals surface area (Å²) in [4.78, 5) is 34.0. The first-order chi connectivity index (χ1) is 18.6. The quantitative estimate of drug-likeness (QED) is 0.326. The highest BCUT2D eigenvalue weighted by atomic mass is 32.2. The number of thiophene rings is 1. The minimum atomic E-state index is -0.286. The molecule has 0 saturated carbocycles. The van der Waals surface area contributed by atoms with Gasteiger partial charge in [0.25, 0.3) is 0 Å². The Morgan fingerprint density at radius 3 is 2.64 bits per heavy atom. The maximum absolute atomic E-state index is 13.8. The van der Waals surface area contributed by atoms with Crippen LogP contribution in [-0.2, 0) is 21.5 Å².